The average Bonchev–Trinajstić information content (AvgIpc) is 2.91. The van der Waals surface area contributed by atoms with Crippen LogP contribution in [0, 0.1) is 0 Å². The quantitative estimate of drug-likeness (QED) is 0.667. The van der Waals surface area contributed by atoms with E-state index < -0.39 is 0 Å². The molecule has 0 aliphatic rings. The molecule has 0 aliphatic heterocycles. The number of carbonyl (C=O) groups excluding carboxylic acids is 1. The van der Waals surface area contributed by atoms with Crippen molar-refractivity contribution in [2.45, 2.75) is 0 Å². The van der Waals surface area contributed by atoms with Crippen molar-refractivity contribution in [1.82, 2.24) is 15.3 Å². The monoisotopic (exact) mass is 266 g/mol. The van der Waals surface area contributed by atoms with Gasteiger partial charge in [-0.15, -0.1) is 0 Å². The normalized spacial score (nSPS) is 10.4. The summed E-state index contributed by atoms with van der Waals surface area (Å²) in [5.41, 5.74) is 2.98. The third-order valence-electron chi connectivity index (χ3n) is 3.09. The van der Waals surface area contributed by atoms with E-state index >= 15 is 0 Å². The van der Waals surface area contributed by atoms with Crippen molar-refractivity contribution in [2.75, 3.05) is 12.4 Å². The summed E-state index contributed by atoms with van der Waals surface area (Å²) in [4.78, 5) is 18.8. The van der Waals surface area contributed by atoms with E-state index in [-0.39, 0.29) is 6.03 Å². The first-order valence-electron chi connectivity index (χ1n) is 6.30. The number of fused-ring (bicyclic) bond motifs is 1. The fourth-order valence-corrected chi connectivity index (χ4v) is 2.11. The number of H-pyrrole nitrogens is 1. The number of nitrogens with zero attached hydrogens (tertiary/aromatic N) is 1. The Kier molecular flexibility index (Phi) is 3.09. The fraction of sp³-hybridized carbons (Fsp3) is 0.0667. The van der Waals surface area contributed by atoms with Crippen molar-refractivity contribution in [1.29, 1.82) is 0 Å². The van der Waals surface area contributed by atoms with Gasteiger partial charge < -0.3 is 10.3 Å². The zero-order chi connectivity index (χ0) is 13.9. The number of amides is 2. The number of nitrogens with one attached hydrogen (secondary N) is 3. The first-order chi connectivity index (χ1) is 9.78. The Labute approximate surface area is 116 Å². The molecule has 0 saturated carbocycles. The van der Waals surface area contributed by atoms with Crippen LogP contribution in [0.1, 0.15) is 0 Å². The molecule has 0 spiro atoms. The maximum Gasteiger partial charge on any atom is 0.320 e. The topological polar surface area (TPSA) is 69.8 Å². The lowest BCUT2D eigenvalue weighted by atomic mass is 10.1. The molecule has 0 saturated heterocycles. The number of aromatic amines is 1. The number of urea groups is 1. The van der Waals surface area contributed by atoms with Gasteiger partial charge in [0, 0.05) is 24.2 Å². The number of aromatic nitrogens is 2. The zero-order valence-corrected chi connectivity index (χ0v) is 11.0. The molecule has 100 valence electrons. The Morgan fingerprint density at radius 3 is 2.70 bits per heavy atom. The van der Waals surface area contributed by atoms with Crippen molar-refractivity contribution < 1.29 is 4.79 Å². The summed E-state index contributed by atoms with van der Waals surface area (Å²) in [7, 11) is 1.57. The highest BCUT2D eigenvalue weighted by Gasteiger charge is 2.08. The molecule has 0 bridgehead atoms. The highest BCUT2D eigenvalue weighted by molar-refractivity contribution is 5.95. The molecule has 0 fully saturated rings. The maximum absolute atomic E-state index is 11.3. The molecule has 5 nitrogen and oxygen atoms in total. The van der Waals surface area contributed by atoms with Crippen LogP contribution in [-0.4, -0.2) is 23.0 Å². The molecule has 2 heterocycles. The summed E-state index contributed by atoms with van der Waals surface area (Å²) in [6.07, 6.45) is 1.93. The van der Waals surface area contributed by atoms with E-state index in [4.69, 9.17) is 0 Å². The fourth-order valence-electron chi connectivity index (χ4n) is 2.11. The van der Waals surface area contributed by atoms with E-state index in [1.807, 2.05) is 30.5 Å². The van der Waals surface area contributed by atoms with Gasteiger partial charge in [0.25, 0.3) is 0 Å². The second-order valence-electron chi connectivity index (χ2n) is 4.37. The molecule has 1 aromatic carbocycles. The number of rotatable bonds is 2. The summed E-state index contributed by atoms with van der Waals surface area (Å²) in [5, 5.41) is 6.17. The average molecular weight is 266 g/mol. The molecule has 20 heavy (non-hydrogen) atoms. The van der Waals surface area contributed by atoms with Crippen LogP contribution >= 0.6 is 0 Å². The van der Waals surface area contributed by atoms with Gasteiger partial charge in [-0.25, -0.2) is 9.78 Å². The van der Waals surface area contributed by atoms with Gasteiger partial charge in [-0.3, -0.25) is 5.32 Å². The molecule has 2 aromatic heterocycles. The van der Waals surface area contributed by atoms with Gasteiger partial charge in [0.15, 0.2) is 0 Å². The van der Waals surface area contributed by atoms with Gasteiger partial charge >= 0.3 is 6.03 Å². The minimum atomic E-state index is -0.285. The molecule has 0 unspecified atom stereocenters. The van der Waals surface area contributed by atoms with E-state index in [0.29, 0.717) is 5.82 Å². The van der Waals surface area contributed by atoms with Gasteiger partial charge in [0.05, 0.1) is 0 Å². The largest absolute Gasteiger partial charge is 0.345 e. The lowest BCUT2D eigenvalue weighted by Crippen LogP contribution is -2.24. The van der Waals surface area contributed by atoms with Gasteiger partial charge in [-0.2, -0.15) is 0 Å². The molecule has 3 rings (SSSR count). The molecule has 5 heteroatoms. The minimum absolute atomic E-state index is 0.285. The van der Waals surface area contributed by atoms with Gasteiger partial charge in [0.1, 0.15) is 11.5 Å². The number of pyridine rings is 1. The van der Waals surface area contributed by atoms with Crippen LogP contribution in [0.2, 0.25) is 0 Å². The molecule has 0 radical (unpaired) electrons. The van der Waals surface area contributed by atoms with E-state index in [1.165, 1.54) is 0 Å². The number of hydrogen-bond donors (Lipinski definition) is 3. The predicted octanol–water partition coefficient (Wildman–Crippen LogP) is 2.98. The standard InChI is InChI=1S/C15H14N4O/c1-16-15(20)19-13-8-7-11-12(9-17-14(11)18-13)10-5-3-2-4-6-10/h2-9H,1H3,(H3,16,17,18,19,20). The maximum atomic E-state index is 11.3. The molecular formula is C15H14N4O. The Bertz CT molecular complexity index is 749. The van der Waals surface area contributed by atoms with Crippen molar-refractivity contribution in [3.8, 4) is 11.1 Å². The van der Waals surface area contributed by atoms with E-state index in [2.05, 4.69) is 32.7 Å². The van der Waals surface area contributed by atoms with Gasteiger partial charge in [-0.1, -0.05) is 30.3 Å². The molecule has 3 N–H and O–H groups in total. The minimum Gasteiger partial charge on any atom is -0.345 e. The molecule has 0 aliphatic carbocycles. The summed E-state index contributed by atoms with van der Waals surface area (Å²) in [6, 6.07) is 13.6. The van der Waals surface area contributed by atoms with Crippen LogP contribution in [-0.2, 0) is 0 Å². The lowest BCUT2D eigenvalue weighted by Gasteiger charge is -2.03. The first-order valence-corrected chi connectivity index (χ1v) is 6.30. The van der Waals surface area contributed by atoms with Crippen LogP contribution in [0.4, 0.5) is 10.6 Å². The third kappa shape index (κ3) is 2.21. The molecule has 2 amide bonds. The summed E-state index contributed by atoms with van der Waals surface area (Å²) in [5.74, 6) is 0.512. The Morgan fingerprint density at radius 2 is 1.95 bits per heavy atom. The molecule has 0 atom stereocenters. The summed E-state index contributed by atoms with van der Waals surface area (Å²) < 4.78 is 0. The highest BCUT2D eigenvalue weighted by Crippen LogP contribution is 2.28. The van der Waals surface area contributed by atoms with Crippen molar-refractivity contribution in [3.63, 3.8) is 0 Å². The third-order valence-corrected chi connectivity index (χ3v) is 3.09. The van der Waals surface area contributed by atoms with Crippen molar-refractivity contribution >= 4 is 22.9 Å². The van der Waals surface area contributed by atoms with Crippen LogP contribution in [0.25, 0.3) is 22.2 Å². The van der Waals surface area contributed by atoms with E-state index in [9.17, 15) is 4.79 Å². The number of benzene rings is 1. The summed E-state index contributed by atoms with van der Waals surface area (Å²) in [6.45, 7) is 0. The van der Waals surface area contributed by atoms with Crippen LogP contribution in [0.3, 0.4) is 0 Å². The van der Waals surface area contributed by atoms with Crippen LogP contribution in [0.5, 0.6) is 0 Å². The van der Waals surface area contributed by atoms with Crippen molar-refractivity contribution in [3.05, 3.63) is 48.7 Å². The number of hydrogen-bond acceptors (Lipinski definition) is 2. The van der Waals surface area contributed by atoms with Gasteiger partial charge in [-0.05, 0) is 17.7 Å². The second-order valence-corrected chi connectivity index (χ2v) is 4.37. The second kappa shape index (κ2) is 5.05. The zero-order valence-electron chi connectivity index (χ0n) is 11.0. The number of carbonyl (C=O) groups is 1. The van der Waals surface area contributed by atoms with Gasteiger partial charge in [0.2, 0.25) is 0 Å². The summed E-state index contributed by atoms with van der Waals surface area (Å²) >= 11 is 0. The van der Waals surface area contributed by atoms with E-state index in [1.54, 1.807) is 13.1 Å². The van der Waals surface area contributed by atoms with Crippen LogP contribution < -0.4 is 10.6 Å². The predicted molar refractivity (Wildman–Crippen MR) is 79.6 cm³/mol. The Balaban J connectivity index is 2.01. The number of anilines is 1. The molecule has 3 aromatic rings. The highest BCUT2D eigenvalue weighted by atomic mass is 16.2. The Morgan fingerprint density at radius 1 is 1.15 bits per heavy atom. The van der Waals surface area contributed by atoms with E-state index in [0.717, 1.165) is 22.2 Å². The lowest BCUT2D eigenvalue weighted by molar-refractivity contribution is 0.254. The molecular weight excluding hydrogens is 252 g/mol. The first kappa shape index (κ1) is 12.2. The van der Waals surface area contributed by atoms with Crippen LogP contribution in [0.15, 0.2) is 48.7 Å². The Hall–Kier alpha value is -2.82. The smallest absolute Gasteiger partial charge is 0.320 e. The van der Waals surface area contributed by atoms with Crippen molar-refractivity contribution in [2.24, 2.45) is 0 Å². The SMILES string of the molecule is CNC(=O)Nc1ccc2c(-c3ccccc3)c[nH]c2n1.